The minimum absolute atomic E-state index is 0. The monoisotopic (exact) mass is 544 g/mol. The number of guanidine groups is 1. The van der Waals surface area contributed by atoms with Gasteiger partial charge in [0, 0.05) is 44.9 Å². The molecule has 164 valence electrons. The molecule has 1 fully saturated rings. The Morgan fingerprint density at radius 3 is 2.73 bits per heavy atom. The van der Waals surface area contributed by atoms with Crippen LogP contribution in [0.2, 0.25) is 5.02 Å². The predicted octanol–water partition coefficient (Wildman–Crippen LogP) is 4.06. The van der Waals surface area contributed by atoms with E-state index in [9.17, 15) is 0 Å². The van der Waals surface area contributed by atoms with Crippen LogP contribution in [0, 0.1) is 0 Å². The zero-order valence-corrected chi connectivity index (χ0v) is 20.7. The van der Waals surface area contributed by atoms with Crippen LogP contribution in [0.4, 0.5) is 5.69 Å². The van der Waals surface area contributed by atoms with Crippen molar-refractivity contribution >= 4 is 47.2 Å². The van der Waals surface area contributed by atoms with E-state index in [1.165, 1.54) is 5.56 Å². The molecule has 0 radical (unpaired) electrons. The Labute approximate surface area is 201 Å². The smallest absolute Gasteiger partial charge is 0.191 e. The highest BCUT2D eigenvalue weighted by Crippen LogP contribution is 2.33. The number of methoxy groups -OCH3 is 2. The molecule has 0 saturated carbocycles. The lowest BCUT2D eigenvalue weighted by Crippen LogP contribution is -2.44. The van der Waals surface area contributed by atoms with Crippen molar-refractivity contribution in [3.05, 3.63) is 58.6 Å². The van der Waals surface area contributed by atoms with E-state index in [1.54, 1.807) is 21.3 Å². The topological polar surface area (TPSA) is 58.1 Å². The second-order valence-electron chi connectivity index (χ2n) is 7.07. The van der Waals surface area contributed by atoms with Crippen LogP contribution in [-0.4, -0.2) is 46.4 Å². The van der Waals surface area contributed by atoms with E-state index in [2.05, 4.69) is 44.8 Å². The van der Waals surface area contributed by atoms with Crippen molar-refractivity contribution < 1.29 is 9.47 Å². The summed E-state index contributed by atoms with van der Waals surface area (Å²) in [5, 5.41) is 7.64. The average Bonchev–Trinajstić information content (AvgIpc) is 3.20. The van der Waals surface area contributed by atoms with Gasteiger partial charge in [0.05, 0.1) is 19.4 Å². The van der Waals surface area contributed by atoms with Gasteiger partial charge in [0.1, 0.15) is 5.75 Å². The summed E-state index contributed by atoms with van der Waals surface area (Å²) in [6, 6.07) is 14.4. The first-order valence-corrected chi connectivity index (χ1v) is 10.1. The molecule has 3 rings (SSSR count). The van der Waals surface area contributed by atoms with Crippen LogP contribution >= 0.6 is 35.6 Å². The predicted molar refractivity (Wildman–Crippen MR) is 135 cm³/mol. The van der Waals surface area contributed by atoms with Crippen molar-refractivity contribution in [3.63, 3.8) is 0 Å². The van der Waals surface area contributed by atoms with Gasteiger partial charge in [-0.25, -0.2) is 0 Å². The molecule has 1 saturated heterocycles. The molecule has 0 bridgehead atoms. The van der Waals surface area contributed by atoms with E-state index in [4.69, 9.17) is 21.1 Å². The molecule has 30 heavy (non-hydrogen) atoms. The molecule has 8 heteroatoms. The second kappa shape index (κ2) is 12.2. The number of hydrogen-bond donors (Lipinski definition) is 2. The maximum atomic E-state index is 6.19. The van der Waals surface area contributed by atoms with Crippen LogP contribution in [0.5, 0.6) is 5.75 Å². The van der Waals surface area contributed by atoms with Crippen molar-refractivity contribution in [2.75, 3.05) is 39.3 Å². The number of ether oxygens (including phenoxy) is 2. The molecule has 6 nitrogen and oxygen atoms in total. The number of nitrogens with zero attached hydrogens (tertiary/aromatic N) is 2. The van der Waals surface area contributed by atoms with Gasteiger partial charge in [-0.3, -0.25) is 4.99 Å². The summed E-state index contributed by atoms with van der Waals surface area (Å²) in [6.45, 7) is 3.12. The maximum absolute atomic E-state index is 6.19. The summed E-state index contributed by atoms with van der Waals surface area (Å²) in [4.78, 5) is 6.67. The molecule has 0 aliphatic carbocycles. The summed E-state index contributed by atoms with van der Waals surface area (Å²) >= 11 is 6.19. The molecular formula is C22H30ClIN4O2. The number of hydrogen-bond acceptors (Lipinski definition) is 4. The van der Waals surface area contributed by atoms with Gasteiger partial charge < -0.3 is 25.0 Å². The number of benzene rings is 2. The van der Waals surface area contributed by atoms with Crippen LogP contribution < -0.4 is 20.3 Å². The zero-order chi connectivity index (χ0) is 20.6. The molecule has 1 aliphatic heterocycles. The molecule has 1 unspecified atom stereocenters. The standard InChI is InChI=1S/C22H29ClN4O2.HI/c1-24-22(25-13-16-5-4-6-17(11-16)15-28-2)26-19-9-10-27(14-19)20-12-18(23)7-8-21(20)29-3;/h4-8,11-12,19H,9-10,13-15H2,1-3H3,(H2,24,25,26);1H. The average molecular weight is 545 g/mol. The Balaban J connectivity index is 0.00000320. The second-order valence-corrected chi connectivity index (χ2v) is 7.51. The molecule has 0 spiro atoms. The highest BCUT2D eigenvalue weighted by molar-refractivity contribution is 14.0. The van der Waals surface area contributed by atoms with Crippen molar-refractivity contribution in [3.8, 4) is 5.75 Å². The molecule has 2 N–H and O–H groups in total. The summed E-state index contributed by atoms with van der Waals surface area (Å²) in [5.74, 6) is 1.64. The van der Waals surface area contributed by atoms with Crippen molar-refractivity contribution in [2.45, 2.75) is 25.6 Å². The molecule has 0 aromatic heterocycles. The first-order chi connectivity index (χ1) is 14.1. The van der Waals surface area contributed by atoms with Gasteiger partial charge in [-0.1, -0.05) is 35.9 Å². The maximum Gasteiger partial charge on any atom is 0.191 e. The Bertz CT molecular complexity index is 850. The third kappa shape index (κ3) is 6.65. The van der Waals surface area contributed by atoms with Crippen LogP contribution in [-0.2, 0) is 17.9 Å². The fourth-order valence-electron chi connectivity index (χ4n) is 3.58. The molecular weight excluding hydrogens is 515 g/mol. The van der Waals surface area contributed by atoms with Gasteiger partial charge in [-0.2, -0.15) is 0 Å². The van der Waals surface area contributed by atoms with Gasteiger partial charge in [0.15, 0.2) is 5.96 Å². The minimum atomic E-state index is 0. The number of aliphatic imine (C=N–C) groups is 1. The minimum Gasteiger partial charge on any atom is -0.495 e. The van der Waals surface area contributed by atoms with Gasteiger partial charge in [-0.05, 0) is 35.7 Å². The van der Waals surface area contributed by atoms with E-state index < -0.39 is 0 Å². The summed E-state index contributed by atoms with van der Waals surface area (Å²) in [6.07, 6.45) is 1.01. The van der Waals surface area contributed by atoms with Crippen molar-refractivity contribution in [1.82, 2.24) is 10.6 Å². The zero-order valence-electron chi connectivity index (χ0n) is 17.7. The van der Waals surface area contributed by atoms with Crippen LogP contribution in [0.15, 0.2) is 47.5 Å². The first kappa shape index (κ1) is 24.6. The van der Waals surface area contributed by atoms with E-state index >= 15 is 0 Å². The Kier molecular flexibility index (Phi) is 10.0. The summed E-state index contributed by atoms with van der Waals surface area (Å²) < 4.78 is 10.7. The Morgan fingerprint density at radius 1 is 1.20 bits per heavy atom. The number of anilines is 1. The Hall–Kier alpha value is -1.71. The summed E-state index contributed by atoms with van der Waals surface area (Å²) in [7, 11) is 5.19. The lowest BCUT2D eigenvalue weighted by atomic mass is 10.1. The van der Waals surface area contributed by atoms with E-state index in [1.807, 2.05) is 18.2 Å². The first-order valence-electron chi connectivity index (χ1n) is 9.75. The lowest BCUT2D eigenvalue weighted by molar-refractivity contribution is 0.185. The van der Waals surface area contributed by atoms with Crippen LogP contribution in [0.25, 0.3) is 0 Å². The van der Waals surface area contributed by atoms with Crippen LogP contribution in [0.3, 0.4) is 0 Å². The molecule has 0 amide bonds. The molecule has 1 aliphatic rings. The normalized spacial score (nSPS) is 16.2. The molecule has 2 aromatic rings. The number of nitrogens with one attached hydrogen (secondary N) is 2. The third-order valence-corrected chi connectivity index (χ3v) is 5.23. The third-order valence-electron chi connectivity index (χ3n) is 5.00. The van der Waals surface area contributed by atoms with Crippen molar-refractivity contribution in [1.29, 1.82) is 0 Å². The largest absolute Gasteiger partial charge is 0.495 e. The fraction of sp³-hybridized carbons (Fsp3) is 0.409. The quantitative estimate of drug-likeness (QED) is 0.313. The highest BCUT2D eigenvalue weighted by atomic mass is 127. The fourth-order valence-corrected chi connectivity index (χ4v) is 3.74. The van der Waals surface area contributed by atoms with Crippen LogP contribution in [0.1, 0.15) is 17.5 Å². The lowest BCUT2D eigenvalue weighted by Gasteiger charge is -2.22. The van der Waals surface area contributed by atoms with Crippen molar-refractivity contribution in [2.24, 2.45) is 4.99 Å². The van der Waals surface area contributed by atoms with E-state index in [0.717, 1.165) is 42.5 Å². The molecule has 1 atom stereocenters. The van der Waals surface area contributed by atoms with Gasteiger partial charge in [0.2, 0.25) is 0 Å². The SMILES string of the molecule is CN=C(NCc1cccc(COC)c1)NC1CCN(c2cc(Cl)ccc2OC)C1.I. The van der Waals surface area contributed by atoms with E-state index in [0.29, 0.717) is 24.2 Å². The number of rotatable bonds is 7. The molecule has 2 aromatic carbocycles. The molecule has 1 heterocycles. The van der Waals surface area contributed by atoms with Gasteiger partial charge >= 0.3 is 0 Å². The van der Waals surface area contributed by atoms with Gasteiger partial charge in [0.25, 0.3) is 0 Å². The van der Waals surface area contributed by atoms with Gasteiger partial charge in [-0.15, -0.1) is 24.0 Å². The highest BCUT2D eigenvalue weighted by Gasteiger charge is 2.25. The number of halogens is 2. The Morgan fingerprint density at radius 2 is 2.00 bits per heavy atom. The summed E-state index contributed by atoms with van der Waals surface area (Å²) in [5.41, 5.74) is 3.39. The van der Waals surface area contributed by atoms with E-state index in [-0.39, 0.29) is 24.0 Å².